The fourth-order valence-corrected chi connectivity index (χ4v) is 3.16. The second-order valence-electron chi connectivity index (χ2n) is 5.04. The molecule has 2 N–H and O–H groups in total. The van der Waals surface area contributed by atoms with Gasteiger partial charge in [-0.1, -0.05) is 23.7 Å². The zero-order valence-electron chi connectivity index (χ0n) is 12.8. The summed E-state index contributed by atoms with van der Waals surface area (Å²) in [4.78, 5) is 0. The van der Waals surface area contributed by atoms with Gasteiger partial charge in [-0.15, -0.1) is 0 Å². The second-order valence-corrected chi connectivity index (χ2v) is 6.99. The predicted octanol–water partition coefficient (Wildman–Crippen LogP) is 5.23. The third-order valence-electron chi connectivity index (χ3n) is 3.11. The van der Waals surface area contributed by atoms with Gasteiger partial charge < -0.3 is 10.6 Å². The van der Waals surface area contributed by atoms with Crippen LogP contribution in [0.25, 0.3) is 0 Å². The highest BCUT2D eigenvalue weighted by Gasteiger charge is 2.05. The van der Waals surface area contributed by atoms with Crippen molar-refractivity contribution in [1.29, 1.82) is 0 Å². The maximum Gasteiger partial charge on any atom is 0.170 e. The molecule has 0 saturated carbocycles. The van der Waals surface area contributed by atoms with Gasteiger partial charge in [-0.3, -0.25) is 0 Å². The van der Waals surface area contributed by atoms with Crippen LogP contribution in [0, 0.1) is 11.6 Å². The summed E-state index contributed by atoms with van der Waals surface area (Å²) in [6, 6.07) is 11.1. The van der Waals surface area contributed by atoms with Gasteiger partial charge in [0.05, 0.1) is 5.69 Å². The molecule has 2 aromatic rings. The van der Waals surface area contributed by atoms with Crippen molar-refractivity contribution in [3.63, 3.8) is 0 Å². The monoisotopic (exact) mass is 386 g/mol. The zero-order valence-corrected chi connectivity index (χ0v) is 15.2. The van der Waals surface area contributed by atoms with E-state index in [1.807, 2.05) is 36.0 Å². The molecule has 128 valence electrons. The molecule has 0 aliphatic heterocycles. The van der Waals surface area contributed by atoms with Gasteiger partial charge in [0, 0.05) is 23.4 Å². The molecule has 2 rings (SSSR count). The van der Waals surface area contributed by atoms with E-state index in [2.05, 4.69) is 10.6 Å². The molecule has 0 bridgehead atoms. The minimum atomic E-state index is -0.669. The molecule has 0 spiro atoms. The average molecular weight is 387 g/mol. The van der Waals surface area contributed by atoms with E-state index in [1.54, 1.807) is 0 Å². The molecule has 0 aliphatic rings. The first-order valence-electron chi connectivity index (χ1n) is 7.36. The molecule has 2 nitrogen and oxygen atoms in total. The van der Waals surface area contributed by atoms with Crippen LogP contribution in [0.5, 0.6) is 0 Å². The fourth-order valence-electron chi connectivity index (χ4n) is 1.90. The first-order valence-corrected chi connectivity index (χ1v) is 9.31. The van der Waals surface area contributed by atoms with E-state index in [4.69, 9.17) is 23.8 Å². The molecule has 7 heteroatoms. The minimum Gasteiger partial charge on any atom is -0.362 e. The molecule has 0 radical (unpaired) electrons. The Hall–Kier alpha value is -1.37. The van der Waals surface area contributed by atoms with Crippen molar-refractivity contribution in [2.45, 2.75) is 12.2 Å². The molecular formula is C17H17ClF2N2S2. The van der Waals surface area contributed by atoms with Gasteiger partial charge in [0.15, 0.2) is 5.11 Å². The van der Waals surface area contributed by atoms with Gasteiger partial charge in [0.1, 0.15) is 11.6 Å². The largest absolute Gasteiger partial charge is 0.362 e. The van der Waals surface area contributed by atoms with Crippen molar-refractivity contribution in [3.8, 4) is 0 Å². The normalized spacial score (nSPS) is 10.5. The van der Waals surface area contributed by atoms with Gasteiger partial charge in [-0.05, 0) is 54.2 Å². The van der Waals surface area contributed by atoms with E-state index in [0.29, 0.717) is 11.7 Å². The van der Waals surface area contributed by atoms with Crippen LogP contribution in [0.1, 0.15) is 12.0 Å². The summed E-state index contributed by atoms with van der Waals surface area (Å²) in [6.07, 6.45) is 0.923. The zero-order chi connectivity index (χ0) is 17.4. The van der Waals surface area contributed by atoms with E-state index in [0.717, 1.165) is 29.0 Å². The second kappa shape index (κ2) is 9.81. The number of thioether (sulfide) groups is 1. The lowest BCUT2D eigenvalue weighted by atomic mass is 10.2. The van der Waals surface area contributed by atoms with Crippen molar-refractivity contribution in [2.75, 3.05) is 17.6 Å². The first-order chi connectivity index (χ1) is 11.5. The topological polar surface area (TPSA) is 24.1 Å². The number of benzene rings is 2. The smallest absolute Gasteiger partial charge is 0.170 e. The summed E-state index contributed by atoms with van der Waals surface area (Å²) in [6.45, 7) is 0.683. The summed E-state index contributed by atoms with van der Waals surface area (Å²) < 4.78 is 26.3. The highest BCUT2D eigenvalue weighted by Crippen LogP contribution is 2.16. The minimum absolute atomic E-state index is 0.158. The van der Waals surface area contributed by atoms with Gasteiger partial charge in [0.2, 0.25) is 0 Å². The summed E-state index contributed by atoms with van der Waals surface area (Å²) >= 11 is 12.8. The Labute approximate surface area is 155 Å². The van der Waals surface area contributed by atoms with Crippen LogP contribution >= 0.6 is 35.6 Å². The number of rotatable bonds is 7. The van der Waals surface area contributed by atoms with E-state index in [1.165, 1.54) is 17.7 Å². The lowest BCUT2D eigenvalue weighted by Crippen LogP contribution is -2.29. The molecular weight excluding hydrogens is 370 g/mol. The highest BCUT2D eigenvalue weighted by molar-refractivity contribution is 7.98. The SMILES string of the molecule is Fc1ccc(NC(=S)NCCCSCc2ccc(Cl)cc2)c(F)c1. The van der Waals surface area contributed by atoms with Crippen molar-refractivity contribution in [2.24, 2.45) is 0 Å². The van der Waals surface area contributed by atoms with Gasteiger partial charge >= 0.3 is 0 Å². The predicted molar refractivity (Wildman–Crippen MR) is 103 cm³/mol. The number of hydrogen-bond donors (Lipinski definition) is 2. The highest BCUT2D eigenvalue weighted by atomic mass is 35.5. The van der Waals surface area contributed by atoms with E-state index >= 15 is 0 Å². The summed E-state index contributed by atoms with van der Waals surface area (Å²) in [7, 11) is 0. The van der Waals surface area contributed by atoms with Crippen LogP contribution in [0.4, 0.5) is 14.5 Å². The van der Waals surface area contributed by atoms with Crippen molar-refractivity contribution in [1.82, 2.24) is 5.32 Å². The van der Waals surface area contributed by atoms with Crippen molar-refractivity contribution < 1.29 is 8.78 Å². The van der Waals surface area contributed by atoms with Gasteiger partial charge in [-0.2, -0.15) is 11.8 Å². The molecule has 2 aromatic carbocycles. The lowest BCUT2D eigenvalue weighted by molar-refractivity contribution is 0.586. The van der Waals surface area contributed by atoms with Crippen LogP contribution in [0.3, 0.4) is 0 Å². The molecule has 0 saturated heterocycles. The van der Waals surface area contributed by atoms with Crippen LogP contribution in [-0.4, -0.2) is 17.4 Å². The summed E-state index contributed by atoms with van der Waals surface area (Å²) in [5.41, 5.74) is 1.40. The third kappa shape index (κ3) is 6.63. The third-order valence-corrected chi connectivity index (χ3v) is 4.73. The Kier molecular flexibility index (Phi) is 7.75. The number of nitrogens with one attached hydrogen (secondary N) is 2. The lowest BCUT2D eigenvalue weighted by Gasteiger charge is -2.11. The number of halogens is 3. The van der Waals surface area contributed by atoms with Gasteiger partial charge in [0.25, 0.3) is 0 Å². The number of anilines is 1. The average Bonchev–Trinajstić information content (AvgIpc) is 2.55. The Morgan fingerprint density at radius 1 is 1.12 bits per heavy atom. The van der Waals surface area contributed by atoms with E-state index in [-0.39, 0.29) is 5.69 Å². The van der Waals surface area contributed by atoms with E-state index in [9.17, 15) is 8.78 Å². The van der Waals surface area contributed by atoms with Crippen molar-refractivity contribution in [3.05, 3.63) is 64.7 Å². The number of hydrogen-bond acceptors (Lipinski definition) is 2. The summed E-state index contributed by atoms with van der Waals surface area (Å²) in [5.74, 6) is 0.622. The Morgan fingerprint density at radius 2 is 1.88 bits per heavy atom. The molecule has 0 unspecified atom stereocenters. The van der Waals surface area contributed by atoms with E-state index < -0.39 is 11.6 Å². The Balaban J connectivity index is 1.60. The quantitative estimate of drug-likeness (QED) is 0.502. The van der Waals surface area contributed by atoms with Crippen LogP contribution in [-0.2, 0) is 5.75 Å². The maximum absolute atomic E-state index is 13.5. The Morgan fingerprint density at radius 3 is 2.58 bits per heavy atom. The standard InChI is InChI=1S/C17H17ClF2N2S2/c18-13-4-2-12(3-5-13)11-24-9-1-8-21-17(23)22-16-7-6-14(19)10-15(16)20/h2-7,10H,1,8-9,11H2,(H2,21,22,23). The van der Waals surface area contributed by atoms with Crippen molar-refractivity contribution >= 4 is 46.4 Å². The molecule has 0 aromatic heterocycles. The van der Waals surface area contributed by atoms with Crippen LogP contribution in [0.2, 0.25) is 5.02 Å². The Bertz CT molecular complexity index is 681. The molecule has 0 fully saturated rings. The molecule has 0 heterocycles. The molecule has 0 aliphatic carbocycles. The fraction of sp³-hybridized carbons (Fsp3) is 0.235. The maximum atomic E-state index is 13.5. The molecule has 24 heavy (non-hydrogen) atoms. The summed E-state index contributed by atoms with van der Waals surface area (Å²) in [5, 5.41) is 6.79. The van der Waals surface area contributed by atoms with Crippen LogP contribution in [0.15, 0.2) is 42.5 Å². The van der Waals surface area contributed by atoms with Gasteiger partial charge in [-0.25, -0.2) is 8.78 Å². The molecule has 0 atom stereocenters. The first kappa shape index (κ1) is 19.0. The number of thiocarbonyl (C=S) groups is 1. The molecule has 0 amide bonds. The van der Waals surface area contributed by atoms with Crippen LogP contribution < -0.4 is 10.6 Å².